The number of carbonyl (C=O) groups excluding carboxylic acids is 2. The second kappa shape index (κ2) is 9.82. The summed E-state index contributed by atoms with van der Waals surface area (Å²) in [5.74, 6) is -0.486. The third-order valence-corrected chi connectivity index (χ3v) is 4.07. The van der Waals surface area contributed by atoms with E-state index in [4.69, 9.17) is 4.52 Å². The third kappa shape index (κ3) is 5.41. The molecule has 10 heteroatoms. The van der Waals surface area contributed by atoms with Crippen LogP contribution in [0.25, 0.3) is 11.3 Å². The van der Waals surface area contributed by atoms with Crippen LogP contribution in [0.1, 0.15) is 10.5 Å². The molecule has 0 saturated heterocycles. The van der Waals surface area contributed by atoms with Gasteiger partial charge in [-0.3, -0.25) is 19.7 Å². The largest absolute Gasteiger partial charge is 0.378 e. The highest BCUT2D eigenvalue weighted by molar-refractivity contribution is 5.95. The average molecular weight is 409 g/mol. The number of hydrogen-bond donors (Lipinski definition) is 3. The Morgan fingerprint density at radius 2 is 1.73 bits per heavy atom. The van der Waals surface area contributed by atoms with E-state index in [1.165, 1.54) is 12.1 Å². The third-order valence-electron chi connectivity index (χ3n) is 4.07. The number of anilines is 1. The fourth-order valence-corrected chi connectivity index (χ4v) is 2.62. The molecule has 0 aliphatic heterocycles. The summed E-state index contributed by atoms with van der Waals surface area (Å²) in [5.41, 5.74) is 1.18. The average Bonchev–Trinajstić information content (AvgIpc) is 3.26. The second-order valence-electron chi connectivity index (χ2n) is 6.18. The van der Waals surface area contributed by atoms with E-state index in [-0.39, 0.29) is 31.0 Å². The first-order chi connectivity index (χ1) is 14.5. The zero-order valence-electron chi connectivity index (χ0n) is 15.8. The highest BCUT2D eigenvalue weighted by atomic mass is 16.6. The Morgan fingerprint density at radius 3 is 2.50 bits per heavy atom. The molecular weight excluding hydrogens is 390 g/mol. The Kier molecular flexibility index (Phi) is 6.72. The molecule has 154 valence electrons. The summed E-state index contributed by atoms with van der Waals surface area (Å²) in [6.07, 6.45) is 0. The molecule has 0 radical (unpaired) electrons. The van der Waals surface area contributed by atoms with Gasteiger partial charge in [-0.15, -0.1) is 0 Å². The van der Waals surface area contributed by atoms with Gasteiger partial charge in [0.05, 0.1) is 11.5 Å². The molecule has 0 fully saturated rings. The van der Waals surface area contributed by atoms with E-state index in [1.807, 2.05) is 30.3 Å². The molecule has 3 rings (SSSR count). The lowest BCUT2D eigenvalue weighted by molar-refractivity contribution is -0.384. The molecule has 2 amide bonds. The number of amides is 2. The molecule has 1 heterocycles. The zero-order valence-corrected chi connectivity index (χ0v) is 15.8. The van der Waals surface area contributed by atoms with Crippen molar-refractivity contribution < 1.29 is 19.0 Å². The minimum Gasteiger partial charge on any atom is -0.378 e. The molecular formula is C20H19N5O5. The molecule has 0 spiro atoms. The van der Waals surface area contributed by atoms with E-state index in [0.717, 1.165) is 5.56 Å². The van der Waals surface area contributed by atoms with Crippen molar-refractivity contribution in [3.8, 4) is 11.3 Å². The first-order valence-electron chi connectivity index (χ1n) is 9.09. The van der Waals surface area contributed by atoms with Crippen molar-refractivity contribution in [2.45, 2.75) is 0 Å². The fourth-order valence-electron chi connectivity index (χ4n) is 2.62. The normalized spacial score (nSPS) is 10.3. The topological polar surface area (TPSA) is 139 Å². The molecule has 0 saturated carbocycles. The molecule has 30 heavy (non-hydrogen) atoms. The molecule has 1 aromatic heterocycles. The van der Waals surface area contributed by atoms with Gasteiger partial charge in [-0.1, -0.05) is 47.6 Å². The molecule has 0 aliphatic rings. The molecule has 0 unspecified atom stereocenters. The van der Waals surface area contributed by atoms with E-state index in [0.29, 0.717) is 11.4 Å². The SMILES string of the molecule is O=C(CNC(=O)c1cc(-c2ccccc2)on1)NCCNc1ccccc1[N+](=O)[O-]. The van der Waals surface area contributed by atoms with Crippen LogP contribution in [0.5, 0.6) is 0 Å². The van der Waals surface area contributed by atoms with Crippen LogP contribution in [0, 0.1) is 10.1 Å². The van der Waals surface area contributed by atoms with Gasteiger partial charge in [-0.05, 0) is 6.07 Å². The Bertz CT molecular complexity index is 1030. The number of aromatic nitrogens is 1. The zero-order chi connectivity index (χ0) is 21.3. The Morgan fingerprint density at radius 1 is 1.00 bits per heavy atom. The summed E-state index contributed by atoms with van der Waals surface area (Å²) in [5, 5.41) is 22.6. The van der Waals surface area contributed by atoms with Crippen molar-refractivity contribution in [1.29, 1.82) is 0 Å². The number of nitro benzene ring substituents is 1. The van der Waals surface area contributed by atoms with E-state index < -0.39 is 16.7 Å². The molecule has 10 nitrogen and oxygen atoms in total. The number of nitrogens with one attached hydrogen (secondary N) is 3. The van der Waals surface area contributed by atoms with Crippen molar-refractivity contribution in [3.05, 3.63) is 76.5 Å². The van der Waals surface area contributed by atoms with E-state index in [1.54, 1.807) is 18.2 Å². The van der Waals surface area contributed by atoms with Gasteiger partial charge >= 0.3 is 0 Å². The van der Waals surface area contributed by atoms with Crippen molar-refractivity contribution in [2.75, 3.05) is 25.0 Å². The van der Waals surface area contributed by atoms with Crippen LogP contribution < -0.4 is 16.0 Å². The maximum absolute atomic E-state index is 12.1. The van der Waals surface area contributed by atoms with Gasteiger partial charge in [0, 0.05) is 30.8 Å². The van der Waals surface area contributed by atoms with Gasteiger partial charge < -0.3 is 20.5 Å². The first-order valence-corrected chi connectivity index (χ1v) is 9.09. The predicted molar refractivity (Wildman–Crippen MR) is 109 cm³/mol. The summed E-state index contributed by atoms with van der Waals surface area (Å²) >= 11 is 0. The van der Waals surface area contributed by atoms with Crippen molar-refractivity contribution in [1.82, 2.24) is 15.8 Å². The van der Waals surface area contributed by atoms with Gasteiger partial charge in [-0.2, -0.15) is 0 Å². The van der Waals surface area contributed by atoms with Crippen molar-refractivity contribution in [3.63, 3.8) is 0 Å². The van der Waals surface area contributed by atoms with E-state index >= 15 is 0 Å². The van der Waals surface area contributed by atoms with Gasteiger partial charge in [0.15, 0.2) is 11.5 Å². The minimum atomic E-state index is -0.533. The number of carbonyl (C=O) groups is 2. The maximum Gasteiger partial charge on any atom is 0.292 e. The predicted octanol–water partition coefficient (Wildman–Crippen LogP) is 2.21. The Labute approximate surface area is 171 Å². The summed E-state index contributed by atoms with van der Waals surface area (Å²) in [4.78, 5) is 34.5. The van der Waals surface area contributed by atoms with E-state index in [2.05, 4.69) is 21.1 Å². The number of nitrogens with zero attached hydrogens (tertiary/aromatic N) is 2. The second-order valence-corrected chi connectivity index (χ2v) is 6.18. The monoisotopic (exact) mass is 409 g/mol. The summed E-state index contributed by atoms with van der Waals surface area (Å²) < 4.78 is 5.16. The van der Waals surface area contributed by atoms with Crippen LogP contribution in [0.15, 0.2) is 65.2 Å². The highest BCUT2D eigenvalue weighted by Gasteiger charge is 2.15. The van der Waals surface area contributed by atoms with Crippen LogP contribution >= 0.6 is 0 Å². The van der Waals surface area contributed by atoms with Crippen LogP contribution in [0.4, 0.5) is 11.4 Å². The first kappa shape index (κ1) is 20.5. The molecule has 0 atom stereocenters. The number of hydrogen-bond acceptors (Lipinski definition) is 7. The highest BCUT2D eigenvalue weighted by Crippen LogP contribution is 2.22. The molecule has 0 bridgehead atoms. The summed E-state index contributed by atoms with van der Waals surface area (Å²) in [6, 6.07) is 16.9. The van der Waals surface area contributed by atoms with Crippen molar-refractivity contribution >= 4 is 23.2 Å². The lowest BCUT2D eigenvalue weighted by Crippen LogP contribution is -2.38. The lowest BCUT2D eigenvalue weighted by atomic mass is 10.1. The number of nitro groups is 1. The lowest BCUT2D eigenvalue weighted by Gasteiger charge is -2.08. The van der Waals surface area contributed by atoms with Crippen molar-refractivity contribution in [2.24, 2.45) is 0 Å². The van der Waals surface area contributed by atoms with Crippen LogP contribution in [-0.4, -0.2) is 41.5 Å². The van der Waals surface area contributed by atoms with Gasteiger partial charge in [0.25, 0.3) is 11.6 Å². The van der Waals surface area contributed by atoms with E-state index in [9.17, 15) is 19.7 Å². The van der Waals surface area contributed by atoms with Crippen LogP contribution in [0.3, 0.4) is 0 Å². The number of para-hydroxylation sites is 2. The summed E-state index contributed by atoms with van der Waals surface area (Å²) in [6.45, 7) is 0.273. The maximum atomic E-state index is 12.1. The summed E-state index contributed by atoms with van der Waals surface area (Å²) in [7, 11) is 0. The molecule has 3 N–H and O–H groups in total. The Balaban J connectivity index is 1.40. The van der Waals surface area contributed by atoms with Crippen LogP contribution in [0.2, 0.25) is 0 Å². The molecule has 3 aromatic rings. The smallest absolute Gasteiger partial charge is 0.292 e. The fraction of sp³-hybridized carbons (Fsp3) is 0.150. The van der Waals surface area contributed by atoms with Crippen LogP contribution in [-0.2, 0) is 4.79 Å². The number of benzene rings is 2. The van der Waals surface area contributed by atoms with Gasteiger partial charge in [0.2, 0.25) is 5.91 Å². The number of rotatable bonds is 9. The quantitative estimate of drug-likeness (QED) is 0.280. The van der Waals surface area contributed by atoms with Gasteiger partial charge in [0.1, 0.15) is 5.69 Å². The standard InChI is InChI=1S/C20H19N5O5/c26-19(22-11-10-21-15-8-4-5-9-17(15)25(28)29)13-23-20(27)16-12-18(30-24-16)14-6-2-1-3-7-14/h1-9,12,21H,10-11,13H2,(H,22,26)(H,23,27). The molecule has 2 aromatic carbocycles. The minimum absolute atomic E-state index is 0.0430. The Hall–Kier alpha value is -4.21. The molecule has 0 aliphatic carbocycles. The van der Waals surface area contributed by atoms with Gasteiger partial charge in [-0.25, -0.2) is 0 Å².